The third-order valence-corrected chi connectivity index (χ3v) is 2.50. The van der Waals surface area contributed by atoms with E-state index in [2.05, 4.69) is 5.16 Å². The number of halogens is 4. The van der Waals surface area contributed by atoms with Crippen molar-refractivity contribution in [2.45, 2.75) is 6.18 Å². The zero-order chi connectivity index (χ0) is 14.9. The molecule has 4 N–H and O–H groups in total. The summed E-state index contributed by atoms with van der Waals surface area (Å²) in [5, 5.41) is 20.5. The molecule has 0 spiro atoms. The van der Waals surface area contributed by atoms with E-state index in [1.807, 2.05) is 0 Å². The highest BCUT2D eigenvalue weighted by molar-refractivity contribution is 5.94. The van der Waals surface area contributed by atoms with E-state index in [1.54, 1.807) is 0 Å². The number of hydrogen-bond donors (Lipinski definition) is 3. The number of amidine groups is 1. The van der Waals surface area contributed by atoms with Crippen LogP contribution in [0.5, 0.6) is 5.75 Å². The van der Waals surface area contributed by atoms with E-state index in [0.717, 1.165) is 12.1 Å². The van der Waals surface area contributed by atoms with Crippen LogP contribution < -0.4 is 5.73 Å². The monoisotopic (exact) mass is 322 g/mol. The molecule has 9 heteroatoms. The largest absolute Gasteiger partial charge is 0.508 e. The summed E-state index contributed by atoms with van der Waals surface area (Å²) in [4.78, 5) is 0. The zero-order valence-corrected chi connectivity index (χ0v) is 11.1. The van der Waals surface area contributed by atoms with Gasteiger partial charge in [-0.15, -0.1) is 12.4 Å². The highest BCUT2D eigenvalue weighted by atomic mass is 35.5. The van der Waals surface area contributed by atoms with E-state index < -0.39 is 17.5 Å². The van der Waals surface area contributed by atoms with Gasteiger partial charge in [0.15, 0.2) is 5.76 Å². The molecular weight excluding hydrogens is 313 g/mol. The maximum atomic E-state index is 12.6. The van der Waals surface area contributed by atoms with Crippen LogP contribution in [-0.4, -0.2) is 16.1 Å². The first kappa shape index (κ1) is 16.7. The average molecular weight is 323 g/mol. The Bertz CT molecular complexity index is 668. The van der Waals surface area contributed by atoms with E-state index in [-0.39, 0.29) is 35.3 Å². The summed E-state index contributed by atoms with van der Waals surface area (Å²) < 4.78 is 43.1. The Morgan fingerprint density at radius 3 is 2.43 bits per heavy atom. The summed E-state index contributed by atoms with van der Waals surface area (Å²) in [7, 11) is 0. The molecule has 5 nitrogen and oxygen atoms in total. The molecule has 0 bridgehead atoms. The summed E-state index contributed by atoms with van der Waals surface area (Å²) in [5.74, 6) is -0.809. The summed E-state index contributed by atoms with van der Waals surface area (Å²) in [5.41, 5.74) is 4.31. The second-order valence-electron chi connectivity index (χ2n) is 3.92. The maximum Gasteiger partial charge on any atom is 0.416 e. The van der Waals surface area contributed by atoms with Gasteiger partial charge in [0.25, 0.3) is 0 Å². The fraction of sp³-hybridized carbons (Fsp3) is 0.0833. The van der Waals surface area contributed by atoms with Crippen LogP contribution in [0.3, 0.4) is 0 Å². The summed E-state index contributed by atoms with van der Waals surface area (Å²) in [6, 6.07) is 5.24. The highest BCUT2D eigenvalue weighted by Crippen LogP contribution is 2.35. The smallest absolute Gasteiger partial charge is 0.416 e. The van der Waals surface area contributed by atoms with Crippen molar-refractivity contribution in [3.05, 3.63) is 41.7 Å². The molecule has 0 radical (unpaired) electrons. The van der Waals surface area contributed by atoms with Gasteiger partial charge in [-0.1, -0.05) is 5.16 Å². The number of rotatable bonds is 2. The van der Waals surface area contributed by atoms with Crippen molar-refractivity contribution in [3.63, 3.8) is 0 Å². The molecule has 0 amide bonds. The summed E-state index contributed by atoms with van der Waals surface area (Å²) in [6.07, 6.45) is -4.59. The molecular formula is C12H10ClF3N2O3. The van der Waals surface area contributed by atoms with Gasteiger partial charge in [-0.3, -0.25) is 0 Å². The fourth-order valence-electron chi connectivity index (χ4n) is 1.60. The van der Waals surface area contributed by atoms with Gasteiger partial charge in [-0.05, 0) is 30.3 Å². The Morgan fingerprint density at radius 2 is 1.86 bits per heavy atom. The molecule has 0 aliphatic carbocycles. The van der Waals surface area contributed by atoms with Crippen molar-refractivity contribution in [2.75, 3.05) is 0 Å². The summed E-state index contributed by atoms with van der Waals surface area (Å²) in [6.45, 7) is 0. The van der Waals surface area contributed by atoms with Gasteiger partial charge in [-0.25, -0.2) is 0 Å². The molecule has 0 saturated heterocycles. The predicted molar refractivity (Wildman–Crippen MR) is 70.6 cm³/mol. The number of phenols is 1. The Labute approximate surface area is 122 Å². The molecule has 114 valence electrons. The number of aromatic hydroxyl groups is 1. The zero-order valence-electron chi connectivity index (χ0n) is 10.3. The lowest BCUT2D eigenvalue weighted by molar-refractivity contribution is -0.137. The minimum absolute atomic E-state index is 0. The van der Waals surface area contributed by atoms with Crippen LogP contribution in [0.1, 0.15) is 11.3 Å². The van der Waals surface area contributed by atoms with Crippen molar-refractivity contribution in [2.24, 2.45) is 10.9 Å². The molecule has 0 saturated carbocycles. The van der Waals surface area contributed by atoms with Crippen LogP contribution in [0.15, 0.2) is 39.9 Å². The molecule has 1 heterocycles. The van der Waals surface area contributed by atoms with Gasteiger partial charge in [0.05, 0.1) is 5.56 Å². The molecule has 1 aromatic carbocycles. The lowest BCUT2D eigenvalue weighted by Gasteiger charge is -2.08. The number of alkyl halides is 3. The number of oxime groups is 1. The van der Waals surface area contributed by atoms with Gasteiger partial charge < -0.3 is 20.5 Å². The first-order chi connectivity index (χ1) is 9.31. The van der Waals surface area contributed by atoms with Gasteiger partial charge in [0.1, 0.15) is 11.5 Å². The third kappa shape index (κ3) is 3.60. The highest BCUT2D eigenvalue weighted by Gasteiger charge is 2.31. The van der Waals surface area contributed by atoms with Gasteiger partial charge >= 0.3 is 6.18 Å². The fourth-order valence-corrected chi connectivity index (χ4v) is 1.60. The van der Waals surface area contributed by atoms with Crippen LogP contribution >= 0.6 is 12.4 Å². The predicted octanol–water partition coefficient (Wildman–Crippen LogP) is 3.19. The number of nitrogens with zero attached hydrogens (tertiary/aromatic N) is 1. The van der Waals surface area contributed by atoms with Crippen LogP contribution in [0.2, 0.25) is 0 Å². The first-order valence-corrected chi connectivity index (χ1v) is 5.30. The molecule has 0 fully saturated rings. The van der Waals surface area contributed by atoms with Crippen molar-refractivity contribution < 1.29 is 27.9 Å². The van der Waals surface area contributed by atoms with E-state index in [0.29, 0.717) is 6.07 Å². The minimum atomic E-state index is -4.59. The standard InChI is InChI=1S/C12H9F3N2O3.ClH/c13-12(14,15)7-3-6(4-8(18)5-7)9-1-2-10(20-9)11(16)17-19;/h1-5,18-19H,(H2,16,17);1H. The second-order valence-corrected chi connectivity index (χ2v) is 3.92. The molecule has 21 heavy (non-hydrogen) atoms. The number of hydrogen-bond acceptors (Lipinski definition) is 4. The van der Waals surface area contributed by atoms with Crippen molar-refractivity contribution in [3.8, 4) is 17.1 Å². The second kappa shape index (κ2) is 5.96. The van der Waals surface area contributed by atoms with Crippen LogP contribution in [0.25, 0.3) is 11.3 Å². The Balaban J connectivity index is 0.00000220. The minimum Gasteiger partial charge on any atom is -0.508 e. The van der Waals surface area contributed by atoms with Crippen LogP contribution in [0.4, 0.5) is 13.2 Å². The Kier molecular flexibility index (Phi) is 4.74. The quantitative estimate of drug-likeness (QED) is 0.343. The molecule has 0 atom stereocenters. The van der Waals surface area contributed by atoms with Gasteiger partial charge in [0, 0.05) is 5.56 Å². The van der Waals surface area contributed by atoms with Gasteiger partial charge in [0.2, 0.25) is 5.84 Å². The Hall–Kier alpha value is -2.35. The van der Waals surface area contributed by atoms with Crippen LogP contribution in [-0.2, 0) is 6.18 Å². The SMILES string of the molecule is Cl.N/C(=N/O)c1ccc(-c2cc(O)cc(C(F)(F)F)c2)o1. The van der Waals surface area contributed by atoms with Crippen molar-refractivity contribution in [1.82, 2.24) is 0 Å². The maximum absolute atomic E-state index is 12.6. The average Bonchev–Trinajstić information content (AvgIpc) is 2.85. The molecule has 2 aromatic rings. The van der Waals surface area contributed by atoms with E-state index in [1.165, 1.54) is 12.1 Å². The Morgan fingerprint density at radius 1 is 1.19 bits per heavy atom. The van der Waals surface area contributed by atoms with E-state index >= 15 is 0 Å². The molecule has 0 aliphatic rings. The van der Waals surface area contributed by atoms with E-state index in [9.17, 15) is 18.3 Å². The molecule has 1 aromatic heterocycles. The van der Waals surface area contributed by atoms with Gasteiger partial charge in [-0.2, -0.15) is 13.2 Å². The normalized spacial score (nSPS) is 12.0. The van der Waals surface area contributed by atoms with Crippen molar-refractivity contribution in [1.29, 1.82) is 0 Å². The van der Waals surface area contributed by atoms with Crippen LogP contribution in [0, 0.1) is 0 Å². The lowest BCUT2D eigenvalue weighted by Crippen LogP contribution is -2.11. The number of furan rings is 1. The summed E-state index contributed by atoms with van der Waals surface area (Å²) >= 11 is 0. The lowest BCUT2D eigenvalue weighted by atomic mass is 10.1. The molecule has 0 unspecified atom stereocenters. The first-order valence-electron chi connectivity index (χ1n) is 5.30. The van der Waals surface area contributed by atoms with E-state index in [4.69, 9.17) is 15.4 Å². The number of benzene rings is 1. The third-order valence-electron chi connectivity index (χ3n) is 2.50. The number of nitrogens with two attached hydrogens (primary N) is 1. The topological polar surface area (TPSA) is 92.0 Å². The molecule has 0 aliphatic heterocycles. The number of phenolic OH excluding ortho intramolecular Hbond substituents is 1. The van der Waals surface area contributed by atoms with Crippen molar-refractivity contribution >= 4 is 18.2 Å². The molecule has 2 rings (SSSR count).